The van der Waals surface area contributed by atoms with Crippen LogP contribution >= 0.6 is 0 Å². The molecule has 4 rings (SSSR count). The third-order valence-corrected chi connectivity index (χ3v) is 8.16. The van der Waals surface area contributed by atoms with Crippen LogP contribution in [-0.2, 0) is 11.0 Å². The summed E-state index contributed by atoms with van der Waals surface area (Å²) >= 11 is 0. The van der Waals surface area contributed by atoms with Gasteiger partial charge in [0.25, 0.3) is 5.91 Å². The Balaban J connectivity index is 1.52. The molecule has 0 aromatic heterocycles. The molecule has 0 bridgehead atoms. The summed E-state index contributed by atoms with van der Waals surface area (Å²) in [5.74, 6) is 1.88. The quantitative estimate of drug-likeness (QED) is 0.607. The molecule has 2 aliphatic rings. The topological polar surface area (TPSA) is 49.8 Å². The van der Waals surface area contributed by atoms with Crippen molar-refractivity contribution in [2.45, 2.75) is 70.6 Å². The normalized spacial score (nSPS) is 25.6. The van der Waals surface area contributed by atoms with E-state index in [2.05, 4.69) is 52.1 Å². The van der Waals surface area contributed by atoms with E-state index in [4.69, 9.17) is 4.43 Å². The molecular weight excluding hydrogens is 426 g/mol. The van der Waals surface area contributed by atoms with E-state index in [-0.39, 0.29) is 11.3 Å². The van der Waals surface area contributed by atoms with Crippen molar-refractivity contribution in [2.75, 3.05) is 13.1 Å². The first-order valence-corrected chi connectivity index (χ1v) is 15.2. The minimum Gasteiger partial charge on any atom is -0.547 e. The number of amides is 1. The molecule has 3 unspecified atom stereocenters. The minimum atomic E-state index is -1.32. The Bertz CT molecular complexity index is 984. The number of carbonyl (C=O) groups is 1. The van der Waals surface area contributed by atoms with Crippen molar-refractivity contribution in [3.63, 3.8) is 0 Å². The second-order valence-electron chi connectivity index (χ2n) is 11.3. The van der Waals surface area contributed by atoms with Crippen LogP contribution in [0.2, 0.25) is 13.1 Å². The lowest BCUT2D eigenvalue weighted by atomic mass is 9.66. The largest absolute Gasteiger partial charge is 0.547 e. The molecule has 0 radical (unpaired) electrons. The number of nitrogens with zero attached hydrogens (tertiary/aromatic N) is 1. The molecule has 2 aromatic carbocycles. The van der Waals surface area contributed by atoms with E-state index in [9.17, 15) is 9.90 Å². The predicted octanol–water partition coefficient (Wildman–Crippen LogP) is 5.50. The number of likely N-dealkylation sites (tertiary alicyclic amines) is 1. The number of benzene rings is 2. The summed E-state index contributed by atoms with van der Waals surface area (Å²) in [5.41, 5.74) is 2.13. The van der Waals surface area contributed by atoms with Gasteiger partial charge in [-0.3, -0.25) is 4.79 Å². The highest BCUT2D eigenvalue weighted by Gasteiger charge is 2.44. The molecule has 1 heterocycles. The van der Waals surface area contributed by atoms with Crippen molar-refractivity contribution in [1.29, 1.82) is 0 Å². The average Bonchev–Trinajstić information content (AvgIpc) is 2.77. The van der Waals surface area contributed by atoms with Gasteiger partial charge in [-0.05, 0) is 79.8 Å². The predicted molar refractivity (Wildman–Crippen MR) is 136 cm³/mol. The molecule has 2 aromatic rings. The lowest BCUT2D eigenvalue weighted by Gasteiger charge is -2.47. The molecule has 0 spiro atoms. The van der Waals surface area contributed by atoms with Crippen LogP contribution in [0.1, 0.15) is 67.9 Å². The van der Waals surface area contributed by atoms with Crippen molar-refractivity contribution in [3.05, 3.63) is 65.2 Å². The van der Waals surface area contributed by atoms with Gasteiger partial charge in [-0.25, -0.2) is 0 Å². The maximum atomic E-state index is 12.9. The molecule has 1 saturated carbocycles. The third-order valence-electron chi connectivity index (χ3n) is 7.44. The molecule has 5 heteroatoms. The fourth-order valence-corrected chi connectivity index (χ4v) is 6.26. The van der Waals surface area contributed by atoms with Crippen molar-refractivity contribution >= 4 is 14.9 Å². The van der Waals surface area contributed by atoms with Crippen molar-refractivity contribution in [3.8, 4) is 5.75 Å². The second-order valence-corrected chi connectivity index (χ2v) is 13.7. The molecule has 1 aliphatic heterocycles. The zero-order valence-electron chi connectivity index (χ0n) is 20.8. The van der Waals surface area contributed by atoms with Gasteiger partial charge in [0, 0.05) is 24.2 Å². The lowest BCUT2D eigenvalue weighted by Crippen LogP contribution is -2.48. The van der Waals surface area contributed by atoms with Crippen LogP contribution in [0.3, 0.4) is 0 Å². The van der Waals surface area contributed by atoms with Gasteiger partial charge in [0.1, 0.15) is 5.75 Å². The Hall–Kier alpha value is -2.11. The molecule has 178 valence electrons. The van der Waals surface area contributed by atoms with Crippen molar-refractivity contribution < 1.29 is 14.3 Å². The summed E-state index contributed by atoms with van der Waals surface area (Å²) in [6, 6.07) is 16.0. The van der Waals surface area contributed by atoms with Gasteiger partial charge in [-0.2, -0.15) is 0 Å². The summed E-state index contributed by atoms with van der Waals surface area (Å²) in [5, 5.41) is 11.9. The number of carbonyl (C=O) groups excluding carboxylic acids is 1. The molecular formula is C28H39NO3Si. The maximum absolute atomic E-state index is 12.9. The Morgan fingerprint density at radius 2 is 1.82 bits per heavy atom. The third kappa shape index (κ3) is 5.20. The average molecular weight is 466 g/mol. The number of aliphatic hydroxyl groups is 1. The zero-order chi connectivity index (χ0) is 23.8. The first-order valence-electron chi connectivity index (χ1n) is 12.5. The standard InChI is InChI=1S/C28H39NO3Si/c1-27(2,3)23-11-12-24(25(17-23)32-33(4)5)28(31)15-13-22-19-29(16-14-21(22)18-28)26(30)20-9-7-6-8-10-20/h6-12,17,21-22,31,33H,13-16,18-19H2,1-5H3. The van der Waals surface area contributed by atoms with E-state index < -0.39 is 14.6 Å². The van der Waals surface area contributed by atoms with Crippen LogP contribution in [0.25, 0.3) is 0 Å². The molecule has 1 aliphatic carbocycles. The summed E-state index contributed by atoms with van der Waals surface area (Å²) in [4.78, 5) is 15.0. The van der Waals surface area contributed by atoms with Crippen molar-refractivity contribution in [2.24, 2.45) is 11.8 Å². The first-order chi connectivity index (χ1) is 15.6. The summed E-state index contributed by atoms with van der Waals surface area (Å²) in [6.07, 6.45) is 3.34. The fraction of sp³-hybridized carbons (Fsp3) is 0.536. The van der Waals surface area contributed by atoms with Crippen LogP contribution in [0, 0.1) is 11.8 Å². The molecule has 1 N–H and O–H groups in total. The van der Waals surface area contributed by atoms with E-state index in [0.29, 0.717) is 18.3 Å². The Kier molecular flexibility index (Phi) is 6.74. The van der Waals surface area contributed by atoms with E-state index in [1.807, 2.05) is 35.2 Å². The van der Waals surface area contributed by atoms with Crippen molar-refractivity contribution in [1.82, 2.24) is 4.90 Å². The van der Waals surface area contributed by atoms with Gasteiger partial charge in [-0.1, -0.05) is 51.1 Å². The smallest absolute Gasteiger partial charge is 0.253 e. The van der Waals surface area contributed by atoms with Crippen LogP contribution in [0.4, 0.5) is 0 Å². The minimum absolute atomic E-state index is 0.0353. The Labute approximate surface area is 200 Å². The highest BCUT2D eigenvalue weighted by Crippen LogP contribution is 2.48. The molecule has 1 saturated heterocycles. The number of hydrogen-bond donors (Lipinski definition) is 1. The lowest BCUT2D eigenvalue weighted by molar-refractivity contribution is -0.0582. The van der Waals surface area contributed by atoms with Gasteiger partial charge in [0.15, 0.2) is 0 Å². The van der Waals surface area contributed by atoms with Crippen LogP contribution < -0.4 is 4.43 Å². The van der Waals surface area contributed by atoms with Gasteiger partial charge in [0.2, 0.25) is 9.04 Å². The summed E-state index contributed by atoms with van der Waals surface area (Å²) in [7, 11) is -1.32. The maximum Gasteiger partial charge on any atom is 0.253 e. The van der Waals surface area contributed by atoms with Crippen LogP contribution in [0.15, 0.2) is 48.5 Å². The van der Waals surface area contributed by atoms with E-state index in [1.54, 1.807) is 0 Å². The first kappa shape index (κ1) is 24.0. The molecule has 33 heavy (non-hydrogen) atoms. The molecule has 2 fully saturated rings. The monoisotopic (exact) mass is 465 g/mol. The molecule has 1 amide bonds. The molecule has 3 atom stereocenters. The summed E-state index contributed by atoms with van der Waals surface area (Å²) in [6.45, 7) is 12.5. The number of rotatable bonds is 4. The number of hydrogen-bond acceptors (Lipinski definition) is 3. The van der Waals surface area contributed by atoms with E-state index >= 15 is 0 Å². The number of fused-ring (bicyclic) bond motifs is 1. The highest BCUT2D eigenvalue weighted by molar-refractivity contribution is 6.49. The Morgan fingerprint density at radius 3 is 2.48 bits per heavy atom. The fourth-order valence-electron chi connectivity index (χ4n) is 5.55. The van der Waals surface area contributed by atoms with Gasteiger partial charge in [-0.15, -0.1) is 0 Å². The van der Waals surface area contributed by atoms with E-state index in [1.165, 1.54) is 5.56 Å². The second kappa shape index (κ2) is 9.26. The van der Waals surface area contributed by atoms with Crippen LogP contribution in [-0.4, -0.2) is 38.0 Å². The van der Waals surface area contributed by atoms with E-state index in [0.717, 1.165) is 49.2 Å². The summed E-state index contributed by atoms with van der Waals surface area (Å²) < 4.78 is 6.36. The van der Waals surface area contributed by atoms with Gasteiger partial charge >= 0.3 is 0 Å². The Morgan fingerprint density at radius 1 is 1.09 bits per heavy atom. The van der Waals surface area contributed by atoms with Gasteiger partial charge < -0.3 is 14.4 Å². The zero-order valence-corrected chi connectivity index (χ0v) is 22.0. The van der Waals surface area contributed by atoms with Crippen LogP contribution in [0.5, 0.6) is 5.75 Å². The SMILES string of the molecule is C[SiH](C)Oc1cc(C(C)(C)C)ccc1C1(O)CCC2CN(C(=O)c3ccccc3)CCC2C1. The highest BCUT2D eigenvalue weighted by atomic mass is 28.3. The number of piperidine rings is 1. The van der Waals surface area contributed by atoms with Gasteiger partial charge in [0.05, 0.1) is 5.60 Å². The molecule has 4 nitrogen and oxygen atoms in total.